The molecule has 1 aliphatic rings. The van der Waals surface area contributed by atoms with Crippen LogP contribution in [0.5, 0.6) is 11.5 Å². The number of carbonyl (C=O) groups is 2. The minimum Gasteiger partial charge on any atom is -0.497 e. The van der Waals surface area contributed by atoms with E-state index < -0.39 is 5.82 Å². The summed E-state index contributed by atoms with van der Waals surface area (Å²) in [5, 5.41) is 6.02. The fourth-order valence-corrected chi connectivity index (χ4v) is 3.71. The maximum Gasteiger partial charge on any atom is 0.281 e. The van der Waals surface area contributed by atoms with Gasteiger partial charge in [-0.3, -0.25) is 9.59 Å². The minimum atomic E-state index is -0.686. The first-order valence-corrected chi connectivity index (χ1v) is 10.5. The highest BCUT2D eigenvalue weighted by Crippen LogP contribution is 2.33. The van der Waals surface area contributed by atoms with E-state index in [4.69, 9.17) is 9.47 Å². The highest BCUT2D eigenvalue weighted by molar-refractivity contribution is 6.03. The molecule has 6 nitrogen and oxygen atoms in total. The Morgan fingerprint density at radius 2 is 1.73 bits per heavy atom. The number of ketones is 1. The second kappa shape index (κ2) is 9.65. The highest BCUT2D eigenvalue weighted by atomic mass is 19.1. The largest absolute Gasteiger partial charge is 0.497 e. The molecule has 1 atom stereocenters. The molecule has 1 aliphatic heterocycles. The van der Waals surface area contributed by atoms with Crippen LogP contribution in [-0.2, 0) is 4.79 Å². The Morgan fingerprint density at radius 1 is 1.03 bits per heavy atom. The van der Waals surface area contributed by atoms with Crippen molar-refractivity contribution in [1.29, 1.82) is 0 Å². The van der Waals surface area contributed by atoms with Crippen LogP contribution in [0.1, 0.15) is 40.9 Å². The zero-order chi connectivity index (χ0) is 23.4. The summed E-state index contributed by atoms with van der Waals surface area (Å²) < 4.78 is 24.8. The molecule has 7 heteroatoms. The number of methoxy groups -OCH3 is 1. The second-order valence-corrected chi connectivity index (χ2v) is 7.63. The molecule has 168 valence electrons. The molecule has 4 rings (SSSR count). The van der Waals surface area contributed by atoms with Crippen molar-refractivity contribution in [2.45, 2.75) is 19.4 Å². The van der Waals surface area contributed by atoms with Crippen molar-refractivity contribution in [2.24, 2.45) is 5.10 Å². The number of halogens is 1. The zero-order valence-corrected chi connectivity index (χ0v) is 18.3. The standard InChI is InChI=1S/C26H23FN2O4/c1-17(30)22-13-12-21(14-23(22)27)33-16-26(31)29-25(19-8-10-20(32-2)11-9-19)15-24(28-29)18-6-4-3-5-7-18/h3-14,25H,15-16H2,1-2H3. The van der Waals surface area contributed by atoms with Crippen molar-refractivity contribution in [3.8, 4) is 11.5 Å². The molecule has 1 heterocycles. The smallest absolute Gasteiger partial charge is 0.281 e. The van der Waals surface area contributed by atoms with Gasteiger partial charge in [0.2, 0.25) is 0 Å². The van der Waals surface area contributed by atoms with E-state index in [1.54, 1.807) is 7.11 Å². The molecule has 0 aromatic heterocycles. The predicted octanol–water partition coefficient (Wildman–Crippen LogP) is 4.79. The van der Waals surface area contributed by atoms with E-state index in [0.29, 0.717) is 6.42 Å². The minimum absolute atomic E-state index is 0.0232. The number of amides is 1. The fourth-order valence-electron chi connectivity index (χ4n) is 3.71. The van der Waals surface area contributed by atoms with Crippen molar-refractivity contribution in [2.75, 3.05) is 13.7 Å². The van der Waals surface area contributed by atoms with Crippen molar-refractivity contribution in [3.05, 3.63) is 95.3 Å². The SMILES string of the molecule is COc1ccc(C2CC(c3ccccc3)=NN2C(=O)COc2ccc(C(C)=O)c(F)c2)cc1. The van der Waals surface area contributed by atoms with Gasteiger partial charge in [0.25, 0.3) is 5.91 Å². The number of rotatable bonds is 7. The summed E-state index contributed by atoms with van der Waals surface area (Å²) in [6.07, 6.45) is 0.546. The molecule has 0 aliphatic carbocycles. The van der Waals surface area contributed by atoms with Crippen molar-refractivity contribution in [1.82, 2.24) is 5.01 Å². The van der Waals surface area contributed by atoms with Crippen LogP contribution in [-0.4, -0.2) is 36.1 Å². The number of benzene rings is 3. The first-order valence-electron chi connectivity index (χ1n) is 10.5. The third kappa shape index (κ3) is 4.92. The van der Waals surface area contributed by atoms with Gasteiger partial charge in [-0.1, -0.05) is 42.5 Å². The summed E-state index contributed by atoms with van der Waals surface area (Å²) in [6, 6.07) is 20.8. The van der Waals surface area contributed by atoms with E-state index in [-0.39, 0.29) is 35.7 Å². The van der Waals surface area contributed by atoms with Crippen LogP contribution in [0, 0.1) is 5.82 Å². The van der Waals surface area contributed by atoms with Crippen LogP contribution in [0.3, 0.4) is 0 Å². The Balaban J connectivity index is 1.55. The molecular formula is C26H23FN2O4. The number of nitrogens with zero attached hydrogens (tertiary/aromatic N) is 2. The van der Waals surface area contributed by atoms with E-state index in [9.17, 15) is 14.0 Å². The van der Waals surface area contributed by atoms with Gasteiger partial charge < -0.3 is 9.47 Å². The van der Waals surface area contributed by atoms with Gasteiger partial charge in [0.1, 0.15) is 17.3 Å². The Labute approximate surface area is 191 Å². The number of hydrogen-bond donors (Lipinski definition) is 0. The average molecular weight is 446 g/mol. The second-order valence-electron chi connectivity index (χ2n) is 7.63. The summed E-state index contributed by atoms with van der Waals surface area (Å²) in [5.41, 5.74) is 2.62. The molecule has 0 saturated carbocycles. The van der Waals surface area contributed by atoms with Crippen LogP contribution in [0.15, 0.2) is 77.9 Å². The number of Topliss-reactive ketones (excluding diaryl/α,β-unsaturated/α-hetero) is 1. The zero-order valence-electron chi connectivity index (χ0n) is 18.3. The van der Waals surface area contributed by atoms with Gasteiger partial charge in [-0.2, -0.15) is 5.10 Å². The fraction of sp³-hybridized carbons (Fsp3) is 0.192. The Morgan fingerprint density at radius 3 is 2.36 bits per heavy atom. The van der Waals surface area contributed by atoms with Crippen molar-refractivity contribution >= 4 is 17.4 Å². The summed E-state index contributed by atoms with van der Waals surface area (Å²) in [6.45, 7) is 0.967. The summed E-state index contributed by atoms with van der Waals surface area (Å²) in [7, 11) is 1.60. The normalized spacial score (nSPS) is 15.2. The molecule has 0 saturated heterocycles. The third-order valence-electron chi connectivity index (χ3n) is 5.46. The maximum absolute atomic E-state index is 14.1. The van der Waals surface area contributed by atoms with E-state index in [1.807, 2.05) is 54.6 Å². The molecule has 0 radical (unpaired) electrons. The topological polar surface area (TPSA) is 68.2 Å². The molecular weight excluding hydrogens is 423 g/mol. The molecule has 3 aromatic rings. The lowest BCUT2D eigenvalue weighted by Crippen LogP contribution is -2.31. The molecule has 0 bridgehead atoms. The van der Waals surface area contributed by atoms with Crippen LogP contribution in [0.2, 0.25) is 0 Å². The lowest BCUT2D eigenvalue weighted by Gasteiger charge is -2.22. The van der Waals surface area contributed by atoms with E-state index in [2.05, 4.69) is 5.10 Å². The molecule has 1 amide bonds. The van der Waals surface area contributed by atoms with Crippen molar-refractivity contribution in [3.63, 3.8) is 0 Å². The molecule has 3 aromatic carbocycles. The van der Waals surface area contributed by atoms with Crippen molar-refractivity contribution < 1.29 is 23.5 Å². The van der Waals surface area contributed by atoms with Crippen LogP contribution >= 0.6 is 0 Å². The quantitative estimate of drug-likeness (QED) is 0.489. The Hall–Kier alpha value is -4.00. The average Bonchev–Trinajstić information content (AvgIpc) is 3.28. The monoisotopic (exact) mass is 446 g/mol. The Kier molecular flexibility index (Phi) is 6.49. The molecule has 0 N–H and O–H groups in total. The third-order valence-corrected chi connectivity index (χ3v) is 5.46. The van der Waals surface area contributed by atoms with Gasteiger partial charge in [-0.15, -0.1) is 0 Å². The van der Waals surface area contributed by atoms with Gasteiger partial charge in [-0.05, 0) is 42.3 Å². The maximum atomic E-state index is 14.1. The van der Waals surface area contributed by atoms with E-state index >= 15 is 0 Å². The van der Waals surface area contributed by atoms with E-state index in [0.717, 1.165) is 28.7 Å². The molecule has 0 spiro atoms. The molecule has 0 fully saturated rings. The number of hydrogen-bond acceptors (Lipinski definition) is 5. The van der Waals surface area contributed by atoms with Gasteiger partial charge >= 0.3 is 0 Å². The van der Waals surface area contributed by atoms with E-state index in [1.165, 1.54) is 24.1 Å². The van der Waals surface area contributed by atoms with Gasteiger partial charge in [0.05, 0.1) is 24.4 Å². The molecule has 1 unspecified atom stereocenters. The predicted molar refractivity (Wildman–Crippen MR) is 122 cm³/mol. The van der Waals surface area contributed by atoms with Crippen LogP contribution in [0.25, 0.3) is 0 Å². The molecule has 33 heavy (non-hydrogen) atoms. The number of carbonyl (C=O) groups excluding carboxylic acids is 2. The van der Waals surface area contributed by atoms with Gasteiger partial charge in [0, 0.05) is 12.5 Å². The summed E-state index contributed by atoms with van der Waals surface area (Å²) >= 11 is 0. The first kappa shape index (κ1) is 22.2. The van der Waals surface area contributed by atoms with Gasteiger partial charge in [-0.25, -0.2) is 9.40 Å². The Bertz CT molecular complexity index is 1190. The summed E-state index contributed by atoms with van der Waals surface area (Å²) in [5.74, 6) is -0.541. The van der Waals surface area contributed by atoms with Gasteiger partial charge in [0.15, 0.2) is 12.4 Å². The lowest BCUT2D eigenvalue weighted by atomic mass is 9.98. The van der Waals surface area contributed by atoms with Crippen LogP contribution < -0.4 is 9.47 Å². The summed E-state index contributed by atoms with van der Waals surface area (Å²) in [4.78, 5) is 24.5. The lowest BCUT2D eigenvalue weighted by molar-refractivity contribution is -0.135. The highest BCUT2D eigenvalue weighted by Gasteiger charge is 2.33. The van der Waals surface area contributed by atoms with Crippen LogP contribution in [0.4, 0.5) is 4.39 Å². The number of ether oxygens (including phenoxy) is 2. The number of hydrazone groups is 1. The first-order chi connectivity index (χ1) is 16.0.